The molecule has 0 spiro atoms. The Morgan fingerprint density at radius 3 is 2.07 bits per heavy atom. The number of aliphatic hydroxyl groups is 1. The van der Waals surface area contributed by atoms with E-state index in [4.69, 9.17) is 4.74 Å². The van der Waals surface area contributed by atoms with Crippen molar-refractivity contribution >= 4 is 11.8 Å². The van der Waals surface area contributed by atoms with Gasteiger partial charge >= 0.3 is 0 Å². The molecule has 1 aliphatic rings. The van der Waals surface area contributed by atoms with Crippen LogP contribution in [0.1, 0.15) is 36.0 Å². The van der Waals surface area contributed by atoms with E-state index in [-0.39, 0.29) is 0 Å². The Morgan fingerprint density at radius 1 is 0.800 bits per heavy atom. The van der Waals surface area contributed by atoms with Crippen molar-refractivity contribution in [1.29, 1.82) is 0 Å². The van der Waals surface area contributed by atoms with Gasteiger partial charge in [0.05, 0.1) is 7.11 Å². The van der Waals surface area contributed by atoms with E-state index in [1.165, 1.54) is 24.9 Å². The van der Waals surface area contributed by atoms with E-state index in [2.05, 4.69) is 29.2 Å². The minimum atomic E-state index is -1.21. The molecule has 1 fully saturated rings. The monoisotopic (exact) mass is 399 g/mol. The molecule has 0 bridgehead atoms. The van der Waals surface area contributed by atoms with Crippen molar-refractivity contribution in [2.24, 2.45) is 0 Å². The molecular formula is C27H29NO2. The van der Waals surface area contributed by atoms with Crippen molar-refractivity contribution in [2.45, 2.75) is 24.9 Å². The largest absolute Gasteiger partial charge is 0.497 e. The number of piperidine rings is 1. The quantitative estimate of drug-likeness (QED) is 0.583. The molecule has 3 nitrogen and oxygen atoms in total. The maximum atomic E-state index is 11.8. The second-order valence-electron chi connectivity index (χ2n) is 7.83. The molecular weight excluding hydrogens is 370 g/mol. The zero-order chi connectivity index (χ0) is 20.8. The first kappa shape index (κ1) is 20.2. The number of methoxy groups -OCH3 is 1. The molecule has 0 saturated carbocycles. The Balaban J connectivity index is 1.66. The minimum absolute atomic E-state index is 0.818. The molecule has 154 valence electrons. The molecule has 0 aliphatic carbocycles. The van der Waals surface area contributed by atoms with Gasteiger partial charge in [-0.3, -0.25) is 0 Å². The summed E-state index contributed by atoms with van der Waals surface area (Å²) in [6, 6.07) is 26.0. The van der Waals surface area contributed by atoms with Gasteiger partial charge in [-0.2, -0.15) is 0 Å². The number of anilines is 1. The molecule has 1 aliphatic heterocycles. The van der Waals surface area contributed by atoms with Crippen LogP contribution in [0.15, 0.2) is 84.9 Å². The van der Waals surface area contributed by atoms with Crippen molar-refractivity contribution in [3.8, 4) is 5.75 Å². The normalized spacial score (nSPS) is 16.4. The minimum Gasteiger partial charge on any atom is -0.497 e. The van der Waals surface area contributed by atoms with Gasteiger partial charge in [0.15, 0.2) is 0 Å². The first-order valence-corrected chi connectivity index (χ1v) is 10.7. The van der Waals surface area contributed by atoms with E-state index < -0.39 is 5.60 Å². The van der Waals surface area contributed by atoms with Crippen molar-refractivity contribution in [1.82, 2.24) is 0 Å². The van der Waals surface area contributed by atoms with Gasteiger partial charge in [-0.1, -0.05) is 60.7 Å². The zero-order valence-electron chi connectivity index (χ0n) is 17.5. The third-order valence-corrected chi connectivity index (χ3v) is 5.88. The van der Waals surface area contributed by atoms with Gasteiger partial charge in [0.2, 0.25) is 0 Å². The molecule has 1 saturated heterocycles. The molecule has 3 aromatic carbocycles. The summed E-state index contributed by atoms with van der Waals surface area (Å²) in [5, 5.41) is 11.8. The molecule has 1 heterocycles. The van der Waals surface area contributed by atoms with Gasteiger partial charge in [0.1, 0.15) is 11.4 Å². The van der Waals surface area contributed by atoms with E-state index in [0.717, 1.165) is 35.5 Å². The Bertz CT molecular complexity index is 958. The summed E-state index contributed by atoms with van der Waals surface area (Å²) in [7, 11) is 1.66. The Kier molecular flexibility index (Phi) is 6.20. The molecule has 1 atom stereocenters. The number of rotatable bonds is 6. The van der Waals surface area contributed by atoms with Crippen molar-refractivity contribution in [3.63, 3.8) is 0 Å². The number of hydrogen-bond donors (Lipinski definition) is 1. The molecule has 1 unspecified atom stereocenters. The summed E-state index contributed by atoms with van der Waals surface area (Å²) >= 11 is 0. The number of benzene rings is 3. The topological polar surface area (TPSA) is 32.7 Å². The van der Waals surface area contributed by atoms with E-state index in [1.54, 1.807) is 7.11 Å². The van der Waals surface area contributed by atoms with Crippen LogP contribution in [0.4, 0.5) is 5.69 Å². The highest BCUT2D eigenvalue weighted by atomic mass is 16.5. The van der Waals surface area contributed by atoms with Crippen LogP contribution in [0.2, 0.25) is 0 Å². The second kappa shape index (κ2) is 9.19. The van der Waals surface area contributed by atoms with Gasteiger partial charge < -0.3 is 14.7 Å². The molecule has 1 N–H and O–H groups in total. The first-order chi connectivity index (χ1) is 14.7. The lowest BCUT2D eigenvalue weighted by Crippen LogP contribution is -2.29. The highest BCUT2D eigenvalue weighted by Crippen LogP contribution is 2.33. The average Bonchev–Trinajstić information content (AvgIpc) is 2.84. The van der Waals surface area contributed by atoms with E-state index in [9.17, 15) is 5.11 Å². The summed E-state index contributed by atoms with van der Waals surface area (Å²) in [6.07, 6.45) is 7.66. The Labute approximate surface area is 179 Å². The van der Waals surface area contributed by atoms with Gasteiger partial charge in [-0.05, 0) is 66.3 Å². The van der Waals surface area contributed by atoms with Gasteiger partial charge in [0, 0.05) is 18.8 Å². The number of ether oxygens (including phenoxy) is 1. The van der Waals surface area contributed by atoms with Crippen LogP contribution in [0.25, 0.3) is 6.08 Å². The van der Waals surface area contributed by atoms with E-state index in [0.29, 0.717) is 0 Å². The Hall–Kier alpha value is -3.04. The third-order valence-electron chi connectivity index (χ3n) is 5.88. The fourth-order valence-corrected chi connectivity index (χ4v) is 4.06. The zero-order valence-corrected chi connectivity index (χ0v) is 17.5. The van der Waals surface area contributed by atoms with E-state index in [1.807, 2.05) is 66.7 Å². The highest BCUT2D eigenvalue weighted by Gasteiger charge is 2.28. The highest BCUT2D eigenvalue weighted by molar-refractivity contribution is 5.57. The molecule has 3 aromatic rings. The SMILES string of the molecule is COc1ccc(/C=C/C(O)(c2ccccc2)c2ccc(N3CCCCC3)cc2)cc1. The fourth-order valence-electron chi connectivity index (χ4n) is 4.06. The molecule has 4 rings (SSSR count). The maximum Gasteiger partial charge on any atom is 0.134 e. The van der Waals surface area contributed by atoms with Crippen LogP contribution >= 0.6 is 0 Å². The third kappa shape index (κ3) is 4.42. The van der Waals surface area contributed by atoms with Crippen LogP contribution in [-0.2, 0) is 5.60 Å². The molecule has 30 heavy (non-hydrogen) atoms. The van der Waals surface area contributed by atoms with Gasteiger partial charge in [0.25, 0.3) is 0 Å². The molecule has 0 amide bonds. The molecule has 3 heteroatoms. The summed E-state index contributed by atoms with van der Waals surface area (Å²) in [4.78, 5) is 2.43. The molecule has 0 aromatic heterocycles. The van der Waals surface area contributed by atoms with Crippen molar-refractivity contribution in [2.75, 3.05) is 25.1 Å². The standard InChI is InChI=1S/C27H29NO2/c1-30-26-16-10-22(11-17-26)18-19-27(29,23-8-4-2-5-9-23)24-12-14-25(15-13-24)28-20-6-3-7-21-28/h2,4-5,8-19,29H,3,6-7,20-21H2,1H3/b19-18+. The first-order valence-electron chi connectivity index (χ1n) is 10.7. The van der Waals surface area contributed by atoms with Crippen LogP contribution in [0.3, 0.4) is 0 Å². The van der Waals surface area contributed by atoms with Crippen molar-refractivity contribution < 1.29 is 9.84 Å². The smallest absolute Gasteiger partial charge is 0.134 e. The van der Waals surface area contributed by atoms with Gasteiger partial charge in [-0.25, -0.2) is 0 Å². The summed E-state index contributed by atoms with van der Waals surface area (Å²) in [6.45, 7) is 2.22. The summed E-state index contributed by atoms with van der Waals surface area (Å²) in [5.41, 5.74) is 2.74. The predicted molar refractivity (Wildman–Crippen MR) is 124 cm³/mol. The lowest BCUT2D eigenvalue weighted by atomic mass is 9.85. The number of nitrogens with zero attached hydrogens (tertiary/aromatic N) is 1. The second-order valence-corrected chi connectivity index (χ2v) is 7.83. The van der Waals surface area contributed by atoms with Crippen LogP contribution in [-0.4, -0.2) is 25.3 Å². The van der Waals surface area contributed by atoms with Gasteiger partial charge in [-0.15, -0.1) is 0 Å². The summed E-state index contributed by atoms with van der Waals surface area (Å²) in [5.74, 6) is 0.818. The summed E-state index contributed by atoms with van der Waals surface area (Å²) < 4.78 is 5.24. The Morgan fingerprint density at radius 2 is 1.43 bits per heavy atom. The molecule has 0 radical (unpaired) electrons. The van der Waals surface area contributed by atoms with Crippen LogP contribution < -0.4 is 9.64 Å². The fraction of sp³-hybridized carbons (Fsp3) is 0.259. The lowest BCUT2D eigenvalue weighted by molar-refractivity contribution is 0.135. The predicted octanol–water partition coefficient (Wildman–Crippen LogP) is 5.63. The number of hydrogen-bond acceptors (Lipinski definition) is 3. The van der Waals surface area contributed by atoms with Crippen molar-refractivity contribution in [3.05, 3.63) is 102 Å². The maximum absolute atomic E-state index is 11.8. The van der Waals surface area contributed by atoms with Crippen LogP contribution in [0, 0.1) is 0 Å². The average molecular weight is 400 g/mol. The van der Waals surface area contributed by atoms with Crippen LogP contribution in [0.5, 0.6) is 5.75 Å². The van der Waals surface area contributed by atoms with E-state index >= 15 is 0 Å². The lowest BCUT2D eigenvalue weighted by Gasteiger charge is -2.30.